The number of carbonyl (C=O) groups is 1. The summed E-state index contributed by atoms with van der Waals surface area (Å²) < 4.78 is 0. The van der Waals surface area contributed by atoms with Gasteiger partial charge >= 0.3 is 0 Å². The topological polar surface area (TPSA) is 52.6 Å². The molecule has 2 N–H and O–H groups in total. The van der Waals surface area contributed by atoms with Gasteiger partial charge < -0.3 is 10.4 Å². The molecule has 14 heavy (non-hydrogen) atoms. The highest BCUT2D eigenvalue weighted by Gasteiger charge is 2.23. The molecule has 0 aliphatic carbocycles. The van der Waals surface area contributed by atoms with Crippen LogP contribution >= 0.6 is 0 Å². The lowest BCUT2D eigenvalue weighted by Crippen LogP contribution is -2.42. The van der Waals surface area contributed by atoms with Crippen molar-refractivity contribution in [2.75, 3.05) is 26.2 Å². The molecule has 0 amide bonds. The summed E-state index contributed by atoms with van der Waals surface area (Å²) in [5.41, 5.74) is 0. The maximum atomic E-state index is 11.0. The first-order valence-corrected chi connectivity index (χ1v) is 5.23. The van der Waals surface area contributed by atoms with Crippen molar-refractivity contribution in [3.63, 3.8) is 0 Å². The normalized spacial score (nSPS) is 22.6. The number of hydrogen-bond acceptors (Lipinski definition) is 4. The van der Waals surface area contributed by atoms with Crippen molar-refractivity contribution in [1.82, 2.24) is 10.2 Å². The van der Waals surface area contributed by atoms with Crippen LogP contribution in [0.5, 0.6) is 0 Å². The number of hydrogen-bond donors (Lipinski definition) is 2. The summed E-state index contributed by atoms with van der Waals surface area (Å²) in [4.78, 5) is 13.2. The predicted octanol–water partition coefficient (Wildman–Crippen LogP) is -0.380. The minimum absolute atomic E-state index is 0.179. The van der Waals surface area contributed by atoms with Crippen molar-refractivity contribution in [1.29, 1.82) is 0 Å². The van der Waals surface area contributed by atoms with Crippen LogP contribution in [0.1, 0.15) is 20.3 Å². The maximum Gasteiger partial charge on any atom is 0.148 e. The second-order valence-electron chi connectivity index (χ2n) is 4.13. The summed E-state index contributed by atoms with van der Waals surface area (Å²) in [7, 11) is 0. The van der Waals surface area contributed by atoms with Gasteiger partial charge in [-0.1, -0.05) is 0 Å². The molecule has 1 fully saturated rings. The van der Waals surface area contributed by atoms with E-state index in [0.29, 0.717) is 31.3 Å². The molecule has 1 aliphatic heterocycles. The highest BCUT2D eigenvalue weighted by molar-refractivity contribution is 5.83. The van der Waals surface area contributed by atoms with Crippen LogP contribution in [0.15, 0.2) is 0 Å². The molecule has 0 saturated carbocycles. The lowest BCUT2D eigenvalue weighted by Gasteiger charge is -2.28. The molecule has 82 valence electrons. The van der Waals surface area contributed by atoms with E-state index in [9.17, 15) is 4.79 Å². The highest BCUT2D eigenvalue weighted by Crippen LogP contribution is 2.06. The number of Topliss-reactive ketones (excluding diaryl/α,β-unsaturated/α-hetero) is 1. The van der Waals surface area contributed by atoms with E-state index in [1.165, 1.54) is 0 Å². The predicted molar refractivity (Wildman–Crippen MR) is 55.2 cm³/mol. The zero-order valence-electron chi connectivity index (χ0n) is 8.99. The Morgan fingerprint density at radius 2 is 2.36 bits per heavy atom. The minimum atomic E-state index is 0.179. The number of rotatable bonds is 5. The number of nitrogens with zero attached hydrogens (tertiary/aromatic N) is 1. The van der Waals surface area contributed by atoms with E-state index in [4.69, 9.17) is 5.11 Å². The van der Waals surface area contributed by atoms with Crippen LogP contribution in [0.4, 0.5) is 0 Å². The van der Waals surface area contributed by atoms with E-state index >= 15 is 0 Å². The van der Waals surface area contributed by atoms with Gasteiger partial charge in [-0.05, 0) is 13.8 Å². The standard InChI is InChI=1S/C10H20N2O2/c1-8(2)12(3-4-13)7-9-5-10(14)6-11-9/h8-9,11,13H,3-7H2,1-2H3. The molecule has 0 spiro atoms. The van der Waals surface area contributed by atoms with E-state index in [1.807, 2.05) is 0 Å². The van der Waals surface area contributed by atoms with Gasteiger partial charge in [-0.3, -0.25) is 9.69 Å². The molecule has 0 aromatic rings. The van der Waals surface area contributed by atoms with E-state index < -0.39 is 0 Å². The summed E-state index contributed by atoms with van der Waals surface area (Å²) in [5, 5.41) is 12.1. The summed E-state index contributed by atoms with van der Waals surface area (Å²) in [5.74, 6) is 0.294. The Bertz CT molecular complexity index is 195. The largest absolute Gasteiger partial charge is 0.395 e. The molecule has 1 saturated heterocycles. The van der Waals surface area contributed by atoms with Gasteiger partial charge in [0.05, 0.1) is 13.2 Å². The van der Waals surface area contributed by atoms with E-state index in [1.54, 1.807) is 0 Å². The molecule has 1 atom stereocenters. The fourth-order valence-corrected chi connectivity index (χ4v) is 1.78. The van der Waals surface area contributed by atoms with Crippen molar-refractivity contribution >= 4 is 5.78 Å². The van der Waals surface area contributed by atoms with Crippen molar-refractivity contribution in [2.45, 2.75) is 32.4 Å². The average molecular weight is 200 g/mol. The Morgan fingerprint density at radius 3 is 2.79 bits per heavy atom. The van der Waals surface area contributed by atoms with Crippen LogP contribution in [-0.2, 0) is 4.79 Å². The van der Waals surface area contributed by atoms with Crippen LogP contribution in [0.3, 0.4) is 0 Å². The van der Waals surface area contributed by atoms with Gasteiger partial charge in [0.1, 0.15) is 5.78 Å². The smallest absolute Gasteiger partial charge is 0.148 e. The zero-order chi connectivity index (χ0) is 10.6. The third kappa shape index (κ3) is 3.36. The Balaban J connectivity index is 2.35. The van der Waals surface area contributed by atoms with Gasteiger partial charge in [0.25, 0.3) is 0 Å². The second kappa shape index (κ2) is 5.44. The molecule has 1 rings (SSSR count). The molecular weight excluding hydrogens is 180 g/mol. The Kier molecular flexibility index (Phi) is 4.51. The first kappa shape index (κ1) is 11.6. The van der Waals surface area contributed by atoms with Gasteiger partial charge in [0, 0.05) is 31.6 Å². The monoisotopic (exact) mass is 200 g/mol. The SMILES string of the molecule is CC(C)N(CCO)CC1CC(=O)CN1. The molecule has 1 unspecified atom stereocenters. The van der Waals surface area contributed by atoms with Crippen molar-refractivity contribution < 1.29 is 9.90 Å². The van der Waals surface area contributed by atoms with Gasteiger partial charge in [0.15, 0.2) is 0 Å². The lowest BCUT2D eigenvalue weighted by atomic mass is 10.2. The molecule has 0 bridgehead atoms. The maximum absolute atomic E-state index is 11.0. The fraction of sp³-hybridized carbons (Fsp3) is 0.900. The van der Waals surface area contributed by atoms with Gasteiger partial charge in [0.2, 0.25) is 0 Å². The quantitative estimate of drug-likeness (QED) is 0.635. The van der Waals surface area contributed by atoms with Crippen LogP contribution < -0.4 is 5.32 Å². The van der Waals surface area contributed by atoms with Crippen LogP contribution in [-0.4, -0.2) is 54.1 Å². The first-order chi connectivity index (χ1) is 6.63. The molecule has 0 aromatic carbocycles. The van der Waals surface area contributed by atoms with Crippen LogP contribution in [0.2, 0.25) is 0 Å². The van der Waals surface area contributed by atoms with Crippen molar-refractivity contribution in [2.24, 2.45) is 0 Å². The van der Waals surface area contributed by atoms with Gasteiger partial charge in [-0.2, -0.15) is 0 Å². The Morgan fingerprint density at radius 1 is 1.64 bits per heavy atom. The molecule has 4 heteroatoms. The zero-order valence-corrected chi connectivity index (χ0v) is 8.99. The summed E-state index contributed by atoms with van der Waals surface area (Å²) in [6.07, 6.45) is 0.634. The number of aliphatic hydroxyl groups is 1. The Hall–Kier alpha value is -0.450. The fourth-order valence-electron chi connectivity index (χ4n) is 1.78. The number of aliphatic hydroxyl groups excluding tert-OH is 1. The minimum Gasteiger partial charge on any atom is -0.395 e. The number of nitrogens with one attached hydrogen (secondary N) is 1. The molecule has 0 radical (unpaired) electrons. The number of carbonyl (C=O) groups excluding carboxylic acids is 1. The molecule has 4 nitrogen and oxygen atoms in total. The first-order valence-electron chi connectivity index (χ1n) is 5.23. The average Bonchev–Trinajstić information content (AvgIpc) is 2.50. The third-order valence-electron chi connectivity index (χ3n) is 2.63. The number of ketones is 1. The summed E-state index contributed by atoms with van der Waals surface area (Å²) in [6.45, 7) is 6.43. The van der Waals surface area contributed by atoms with Gasteiger partial charge in [-0.25, -0.2) is 0 Å². The van der Waals surface area contributed by atoms with Crippen molar-refractivity contribution in [3.8, 4) is 0 Å². The van der Waals surface area contributed by atoms with E-state index in [0.717, 1.165) is 6.54 Å². The summed E-state index contributed by atoms with van der Waals surface area (Å²) >= 11 is 0. The van der Waals surface area contributed by atoms with Crippen LogP contribution in [0.25, 0.3) is 0 Å². The van der Waals surface area contributed by atoms with E-state index in [2.05, 4.69) is 24.1 Å². The molecule has 0 aromatic heterocycles. The molecule has 1 aliphatic rings. The van der Waals surface area contributed by atoms with E-state index in [-0.39, 0.29) is 12.6 Å². The summed E-state index contributed by atoms with van der Waals surface area (Å²) in [6, 6.07) is 0.691. The second-order valence-corrected chi connectivity index (χ2v) is 4.13. The lowest BCUT2D eigenvalue weighted by molar-refractivity contribution is -0.116. The third-order valence-corrected chi connectivity index (χ3v) is 2.63. The molecular formula is C10H20N2O2. The molecule has 1 heterocycles. The highest BCUT2D eigenvalue weighted by atomic mass is 16.3. The van der Waals surface area contributed by atoms with Crippen molar-refractivity contribution in [3.05, 3.63) is 0 Å². The van der Waals surface area contributed by atoms with Crippen LogP contribution in [0, 0.1) is 0 Å². The van der Waals surface area contributed by atoms with Gasteiger partial charge in [-0.15, -0.1) is 0 Å². The Labute approximate surface area is 85.3 Å².